The number of benzene rings is 2. The number of aliphatic imine (C=N–C) groups is 1. The van der Waals surface area contributed by atoms with Crippen LogP contribution < -0.4 is 5.32 Å². The molecule has 2 N–H and O–H groups in total. The smallest absolute Gasteiger partial charge is 0.222 e. The van der Waals surface area contributed by atoms with E-state index in [1.165, 1.54) is 0 Å². The zero-order valence-corrected chi connectivity index (χ0v) is 21.5. The van der Waals surface area contributed by atoms with Crippen LogP contribution in [0.15, 0.2) is 53.2 Å². The molecule has 1 amide bonds. The largest absolute Gasteiger partial charge is 0.428 e. The first-order valence-corrected chi connectivity index (χ1v) is 14.7. The highest BCUT2D eigenvalue weighted by Crippen LogP contribution is 2.33. The molecule has 0 spiro atoms. The number of carbonyl (C=O) groups excluding carboxylic acids is 1. The number of nitrogens with one attached hydrogen (secondary N) is 1. The molecule has 0 fully saturated rings. The van der Waals surface area contributed by atoms with Crippen molar-refractivity contribution in [2.24, 2.45) is 4.99 Å². The van der Waals surface area contributed by atoms with Gasteiger partial charge < -0.3 is 10.1 Å². The van der Waals surface area contributed by atoms with E-state index in [0.717, 1.165) is 33.9 Å². The lowest BCUT2D eigenvalue weighted by Crippen LogP contribution is -2.25. The summed E-state index contributed by atoms with van der Waals surface area (Å²) in [5.74, 6) is 1.25. The van der Waals surface area contributed by atoms with E-state index in [1.807, 2.05) is 79.7 Å². The highest BCUT2D eigenvalue weighted by atomic mass is 35.5. The number of amides is 1. The summed E-state index contributed by atoms with van der Waals surface area (Å²) in [6.07, 6.45) is 2.11. The Balaban J connectivity index is 1.94. The molecular formula is C25H28ClN5O2Si. The van der Waals surface area contributed by atoms with Gasteiger partial charge in [-0.25, -0.2) is 0 Å². The van der Waals surface area contributed by atoms with Crippen LogP contribution in [0.4, 0.5) is 0 Å². The van der Waals surface area contributed by atoms with Crippen molar-refractivity contribution in [2.75, 3.05) is 6.54 Å². The molecule has 1 aliphatic heterocycles. The van der Waals surface area contributed by atoms with E-state index in [-0.39, 0.29) is 12.3 Å². The van der Waals surface area contributed by atoms with Crippen LogP contribution in [0.25, 0.3) is 11.8 Å². The Bertz CT molecular complexity index is 1280. The van der Waals surface area contributed by atoms with Gasteiger partial charge in [0, 0.05) is 22.7 Å². The predicted octanol–water partition coefficient (Wildman–Crippen LogP) is 4.40. The second-order valence-corrected chi connectivity index (χ2v) is 12.9. The molecule has 0 bridgehead atoms. The number of halogens is 1. The summed E-state index contributed by atoms with van der Waals surface area (Å²) in [6.45, 7) is 8.07. The predicted molar refractivity (Wildman–Crippen MR) is 138 cm³/mol. The molecule has 0 saturated carbocycles. The van der Waals surface area contributed by atoms with Gasteiger partial charge in [-0.3, -0.25) is 14.4 Å². The molecule has 1 atom stereocenters. The summed E-state index contributed by atoms with van der Waals surface area (Å²) < 4.78 is 1.98. The van der Waals surface area contributed by atoms with Crippen molar-refractivity contribution in [1.29, 1.82) is 0 Å². The quantitative estimate of drug-likeness (QED) is 0.498. The van der Waals surface area contributed by atoms with E-state index in [2.05, 4.69) is 21.6 Å². The fourth-order valence-corrected chi connectivity index (χ4v) is 4.66. The minimum Gasteiger partial charge on any atom is -0.428 e. The van der Waals surface area contributed by atoms with Crippen molar-refractivity contribution in [3.63, 3.8) is 0 Å². The lowest BCUT2D eigenvalue weighted by molar-refractivity contribution is -0.121. The van der Waals surface area contributed by atoms with Gasteiger partial charge >= 0.3 is 0 Å². The number of fused-ring (bicyclic) bond motifs is 3. The normalized spacial score (nSPS) is 15.5. The second-order valence-electron chi connectivity index (χ2n) is 8.86. The summed E-state index contributed by atoms with van der Waals surface area (Å²) in [4.78, 5) is 27.9. The maximum absolute atomic E-state index is 12.5. The van der Waals surface area contributed by atoms with E-state index in [9.17, 15) is 9.59 Å². The zero-order chi connectivity index (χ0) is 24.5. The number of aromatic nitrogens is 3. The molecule has 2 aromatic carbocycles. The van der Waals surface area contributed by atoms with Gasteiger partial charge in [-0.15, -0.1) is 10.2 Å². The highest BCUT2D eigenvalue weighted by Gasteiger charge is 2.29. The fourth-order valence-electron chi connectivity index (χ4n) is 3.94. The van der Waals surface area contributed by atoms with E-state index < -0.39 is 14.4 Å². The minimum atomic E-state index is -2.36. The Morgan fingerprint density at radius 2 is 1.94 bits per heavy atom. The van der Waals surface area contributed by atoms with Crippen LogP contribution in [0.2, 0.25) is 18.1 Å². The van der Waals surface area contributed by atoms with Gasteiger partial charge in [0.1, 0.15) is 11.9 Å². The molecule has 1 aliphatic rings. The van der Waals surface area contributed by atoms with Crippen LogP contribution in [-0.2, 0) is 4.79 Å². The number of hydrogen-bond donors (Lipinski definition) is 2. The number of rotatable bonds is 6. The first kappa shape index (κ1) is 24.1. The van der Waals surface area contributed by atoms with Crippen molar-refractivity contribution < 1.29 is 9.59 Å². The Morgan fingerprint density at radius 1 is 1.21 bits per heavy atom. The molecule has 9 heteroatoms. The van der Waals surface area contributed by atoms with E-state index in [0.29, 0.717) is 17.4 Å². The van der Waals surface area contributed by atoms with Crippen LogP contribution in [0.5, 0.6) is 0 Å². The molecule has 1 aromatic heterocycles. The Labute approximate surface area is 205 Å². The first-order valence-electron chi connectivity index (χ1n) is 11.2. The molecule has 176 valence electrons. The zero-order valence-electron chi connectivity index (χ0n) is 19.7. The highest BCUT2D eigenvalue weighted by molar-refractivity contribution is 6.75. The molecule has 0 saturated heterocycles. The average molecular weight is 494 g/mol. The number of carbonyl (C=O) groups is 1. The number of aryl methyl sites for hydroxylation is 1. The van der Waals surface area contributed by atoms with Crippen LogP contribution in [0.3, 0.4) is 0 Å². The summed E-state index contributed by atoms with van der Waals surface area (Å²) in [5, 5.41) is 12.2. The van der Waals surface area contributed by atoms with Gasteiger partial charge in [-0.2, -0.15) is 0 Å². The topological polar surface area (TPSA) is 92.4 Å². The number of hydrogen-bond acceptors (Lipinski definition) is 5. The summed E-state index contributed by atoms with van der Waals surface area (Å²) in [6, 6.07) is 13.1. The van der Waals surface area contributed by atoms with Gasteiger partial charge in [0.25, 0.3) is 0 Å². The van der Waals surface area contributed by atoms with Crippen molar-refractivity contribution >= 4 is 37.6 Å². The third-order valence-corrected chi connectivity index (χ3v) is 6.74. The Kier molecular flexibility index (Phi) is 6.83. The maximum atomic E-state index is 12.5. The van der Waals surface area contributed by atoms with E-state index in [4.69, 9.17) is 16.6 Å². The molecule has 0 aliphatic carbocycles. The molecule has 2 heterocycles. The van der Waals surface area contributed by atoms with Crippen LogP contribution >= 0.6 is 11.6 Å². The molecule has 4 rings (SSSR count). The van der Waals surface area contributed by atoms with Crippen LogP contribution in [-0.4, -0.2) is 46.0 Å². The Hall–Kier alpha value is -3.07. The molecular weight excluding hydrogens is 466 g/mol. The third-order valence-electron chi connectivity index (χ3n) is 5.50. The van der Waals surface area contributed by atoms with Gasteiger partial charge in [0.2, 0.25) is 14.2 Å². The third kappa shape index (κ3) is 5.19. The molecule has 7 nitrogen and oxygen atoms in total. The molecule has 34 heavy (non-hydrogen) atoms. The van der Waals surface area contributed by atoms with Gasteiger partial charge in [-0.05, 0) is 56.8 Å². The van der Waals surface area contributed by atoms with E-state index in [1.54, 1.807) is 0 Å². The number of nitrogens with zero attached hydrogens (tertiary/aromatic N) is 4. The lowest BCUT2D eigenvalue weighted by atomic mass is 9.98. The Morgan fingerprint density at radius 3 is 2.62 bits per heavy atom. The molecule has 0 unspecified atom stereocenters. The lowest BCUT2D eigenvalue weighted by Gasteiger charge is -2.14. The maximum Gasteiger partial charge on any atom is 0.222 e. The van der Waals surface area contributed by atoms with Crippen LogP contribution in [0.1, 0.15) is 47.7 Å². The fraction of sp³-hybridized carbons (Fsp3) is 0.280. The van der Waals surface area contributed by atoms with Crippen molar-refractivity contribution in [3.8, 4) is 5.69 Å². The van der Waals surface area contributed by atoms with Crippen molar-refractivity contribution in [1.82, 2.24) is 20.1 Å². The minimum absolute atomic E-state index is 0.0939. The monoisotopic (exact) mass is 493 g/mol. The van der Waals surface area contributed by atoms with Gasteiger partial charge in [0.05, 0.1) is 17.8 Å². The SMILES string of the molecule is CCNC(=O)C[C@@H]1N=C(c2ccc(Cl)cc2)c2cc(/C=C/[Si](C)(C)O)ccc2-n2c(C)nnc21. The summed E-state index contributed by atoms with van der Waals surface area (Å²) in [5.41, 5.74) is 6.26. The average Bonchev–Trinajstić information content (AvgIpc) is 3.10. The second kappa shape index (κ2) is 9.66. The standard InChI is InChI=1S/C25H28ClN5O2Si/c1-5-27-23(32)15-21-25-30-29-16(2)31(25)22-11-6-17(12-13-34(3,4)33)14-20(22)24(28-21)18-7-9-19(26)10-8-18/h6-14,21,33H,5,15H2,1-4H3,(H,27,32)/b13-12+/t21-/m0/s1. The van der Waals surface area contributed by atoms with E-state index >= 15 is 0 Å². The van der Waals surface area contributed by atoms with Crippen molar-refractivity contribution in [2.45, 2.75) is 39.4 Å². The van der Waals surface area contributed by atoms with Gasteiger partial charge in [-0.1, -0.05) is 41.6 Å². The molecule has 3 aromatic rings. The summed E-state index contributed by atoms with van der Waals surface area (Å²) in [7, 11) is -2.36. The first-order chi connectivity index (χ1) is 16.2. The molecule has 0 radical (unpaired) electrons. The van der Waals surface area contributed by atoms with Crippen molar-refractivity contribution in [3.05, 3.63) is 81.5 Å². The van der Waals surface area contributed by atoms with Gasteiger partial charge in [0.15, 0.2) is 5.82 Å². The van der Waals surface area contributed by atoms with Crippen LogP contribution in [0, 0.1) is 6.92 Å². The summed E-state index contributed by atoms with van der Waals surface area (Å²) >= 11 is 6.16.